The third-order valence-electron chi connectivity index (χ3n) is 2.72. The molecule has 1 aromatic heterocycles. The molecule has 0 atom stereocenters. The molecule has 0 radical (unpaired) electrons. The van der Waals surface area contributed by atoms with E-state index >= 15 is 0 Å². The van der Waals surface area contributed by atoms with E-state index in [0.29, 0.717) is 16.6 Å². The van der Waals surface area contributed by atoms with E-state index < -0.39 is 5.97 Å². The second-order valence-electron chi connectivity index (χ2n) is 4.20. The van der Waals surface area contributed by atoms with Crippen LogP contribution in [0.5, 0.6) is 0 Å². The molecule has 0 fully saturated rings. The molecule has 0 aliphatic heterocycles. The van der Waals surface area contributed by atoms with Gasteiger partial charge < -0.3 is 10.0 Å². The Morgan fingerprint density at radius 2 is 2.10 bits per heavy atom. The van der Waals surface area contributed by atoms with Crippen molar-refractivity contribution in [3.8, 4) is 0 Å². The number of carboxylic acids is 1. The summed E-state index contributed by atoms with van der Waals surface area (Å²) in [6.07, 6.45) is 3.16. The first-order chi connectivity index (χ1) is 9.56. The summed E-state index contributed by atoms with van der Waals surface area (Å²) in [5.41, 5.74) is 1.54. The number of carbonyl (C=O) groups is 1. The molecule has 0 amide bonds. The molecule has 2 aromatic rings. The number of rotatable bonds is 5. The van der Waals surface area contributed by atoms with Crippen molar-refractivity contribution in [1.82, 2.24) is 4.98 Å². The number of aromatic nitrogens is 1. The molecule has 1 aromatic carbocycles. The van der Waals surface area contributed by atoms with Gasteiger partial charge in [-0.05, 0) is 29.8 Å². The fourth-order valence-corrected chi connectivity index (χ4v) is 2.18. The average Bonchev–Trinajstić information content (AvgIpc) is 2.40. The van der Waals surface area contributed by atoms with Crippen molar-refractivity contribution in [3.63, 3.8) is 0 Å². The number of hydrogen-bond donors (Lipinski definition) is 1. The largest absolute Gasteiger partial charge is 0.480 e. The van der Waals surface area contributed by atoms with Crippen LogP contribution in [0.1, 0.15) is 5.56 Å². The maximum Gasteiger partial charge on any atom is 0.323 e. The van der Waals surface area contributed by atoms with Crippen LogP contribution >= 0.6 is 23.2 Å². The zero-order valence-corrected chi connectivity index (χ0v) is 12.0. The van der Waals surface area contributed by atoms with Crippen molar-refractivity contribution in [3.05, 3.63) is 58.3 Å². The first kappa shape index (κ1) is 14.6. The number of anilines is 1. The first-order valence-corrected chi connectivity index (χ1v) is 6.62. The van der Waals surface area contributed by atoms with Crippen molar-refractivity contribution in [2.45, 2.75) is 6.54 Å². The summed E-state index contributed by atoms with van der Waals surface area (Å²) in [6.45, 7) is 0.229. The monoisotopic (exact) mass is 310 g/mol. The summed E-state index contributed by atoms with van der Waals surface area (Å²) in [5.74, 6) is -0.921. The van der Waals surface area contributed by atoms with Gasteiger partial charge in [0.05, 0.1) is 5.02 Å². The van der Waals surface area contributed by atoms with Gasteiger partial charge in [-0.3, -0.25) is 9.78 Å². The molecule has 0 bridgehead atoms. The predicted molar refractivity (Wildman–Crippen MR) is 79.4 cm³/mol. The van der Waals surface area contributed by atoms with Crippen molar-refractivity contribution in [2.24, 2.45) is 0 Å². The Balaban J connectivity index is 2.29. The molecule has 0 unspecified atom stereocenters. The predicted octanol–water partition coefficient (Wildman–Crippen LogP) is 3.48. The number of halogens is 2. The quantitative estimate of drug-likeness (QED) is 0.918. The second kappa shape index (κ2) is 6.59. The van der Waals surface area contributed by atoms with Crippen LogP contribution in [0.4, 0.5) is 5.69 Å². The lowest BCUT2D eigenvalue weighted by Gasteiger charge is -2.23. The highest BCUT2D eigenvalue weighted by molar-refractivity contribution is 6.31. The molecule has 1 N–H and O–H groups in total. The number of carboxylic acid groups (broad SMARTS) is 1. The topological polar surface area (TPSA) is 53.4 Å². The van der Waals surface area contributed by atoms with E-state index in [1.807, 2.05) is 6.07 Å². The summed E-state index contributed by atoms with van der Waals surface area (Å²) >= 11 is 12.0. The Bertz CT molecular complexity index is 620. The Morgan fingerprint density at radius 3 is 2.75 bits per heavy atom. The van der Waals surface area contributed by atoms with Crippen LogP contribution in [0, 0.1) is 0 Å². The lowest BCUT2D eigenvalue weighted by atomic mass is 10.2. The highest BCUT2D eigenvalue weighted by Gasteiger charge is 2.13. The van der Waals surface area contributed by atoms with Crippen LogP contribution in [-0.2, 0) is 11.3 Å². The van der Waals surface area contributed by atoms with Crippen LogP contribution in [0.2, 0.25) is 10.0 Å². The summed E-state index contributed by atoms with van der Waals surface area (Å²) < 4.78 is 0. The lowest BCUT2D eigenvalue weighted by molar-refractivity contribution is -0.135. The van der Waals surface area contributed by atoms with Gasteiger partial charge >= 0.3 is 5.97 Å². The Hall–Kier alpha value is -1.78. The van der Waals surface area contributed by atoms with Crippen LogP contribution < -0.4 is 4.90 Å². The molecule has 6 heteroatoms. The molecule has 0 saturated carbocycles. The number of pyridine rings is 1. The summed E-state index contributed by atoms with van der Waals surface area (Å²) in [4.78, 5) is 16.6. The van der Waals surface area contributed by atoms with Crippen molar-refractivity contribution in [1.29, 1.82) is 0 Å². The zero-order chi connectivity index (χ0) is 14.5. The fourth-order valence-electron chi connectivity index (χ4n) is 1.81. The maximum absolute atomic E-state index is 11.0. The molecular formula is C14H12Cl2N2O2. The molecule has 1 heterocycles. The van der Waals surface area contributed by atoms with Gasteiger partial charge in [0.25, 0.3) is 0 Å². The lowest BCUT2D eigenvalue weighted by Crippen LogP contribution is -2.29. The summed E-state index contributed by atoms with van der Waals surface area (Å²) in [7, 11) is 0. The van der Waals surface area contributed by atoms with E-state index in [2.05, 4.69) is 4.98 Å². The fraction of sp³-hybridized carbons (Fsp3) is 0.143. The van der Waals surface area contributed by atoms with Gasteiger partial charge in [-0.1, -0.05) is 29.3 Å². The Labute approximate surface area is 126 Å². The Kier molecular flexibility index (Phi) is 4.82. The van der Waals surface area contributed by atoms with Gasteiger partial charge in [0.1, 0.15) is 6.54 Å². The number of aliphatic carboxylic acids is 1. The normalized spacial score (nSPS) is 10.3. The highest BCUT2D eigenvalue weighted by Crippen LogP contribution is 2.23. The number of hydrogen-bond acceptors (Lipinski definition) is 3. The van der Waals surface area contributed by atoms with Gasteiger partial charge in [-0.25, -0.2) is 0 Å². The SMILES string of the molecule is O=C(O)CN(Cc1ccncc1Cl)c1cccc(Cl)c1. The smallest absolute Gasteiger partial charge is 0.323 e. The van der Waals surface area contributed by atoms with Gasteiger partial charge in [-0.15, -0.1) is 0 Å². The summed E-state index contributed by atoms with van der Waals surface area (Å²) in [6, 6.07) is 8.81. The average molecular weight is 311 g/mol. The van der Waals surface area contributed by atoms with Gasteiger partial charge in [0, 0.05) is 29.6 Å². The van der Waals surface area contributed by atoms with Crippen LogP contribution in [0.3, 0.4) is 0 Å². The van der Waals surface area contributed by atoms with Crippen LogP contribution in [-0.4, -0.2) is 22.6 Å². The number of benzene rings is 1. The standard InChI is InChI=1S/C14H12Cl2N2O2/c15-11-2-1-3-12(6-11)18(9-14(19)20)8-10-4-5-17-7-13(10)16/h1-7H,8-9H2,(H,19,20). The Morgan fingerprint density at radius 1 is 1.30 bits per heavy atom. The van der Waals surface area contributed by atoms with E-state index in [4.69, 9.17) is 28.3 Å². The molecule has 0 aliphatic rings. The minimum absolute atomic E-state index is 0.140. The number of nitrogens with zero attached hydrogens (tertiary/aromatic N) is 2. The third kappa shape index (κ3) is 3.85. The van der Waals surface area contributed by atoms with Crippen molar-refractivity contribution in [2.75, 3.05) is 11.4 Å². The van der Waals surface area contributed by atoms with E-state index in [-0.39, 0.29) is 6.54 Å². The highest BCUT2D eigenvalue weighted by atomic mass is 35.5. The zero-order valence-electron chi connectivity index (χ0n) is 10.5. The maximum atomic E-state index is 11.0. The van der Waals surface area contributed by atoms with E-state index in [9.17, 15) is 4.79 Å². The summed E-state index contributed by atoms with van der Waals surface area (Å²) in [5, 5.41) is 10.1. The molecule has 0 saturated heterocycles. The molecule has 0 spiro atoms. The van der Waals surface area contributed by atoms with Gasteiger partial charge in [0.2, 0.25) is 0 Å². The molecular weight excluding hydrogens is 299 g/mol. The first-order valence-electron chi connectivity index (χ1n) is 5.87. The van der Waals surface area contributed by atoms with E-state index in [1.165, 1.54) is 6.20 Å². The van der Waals surface area contributed by atoms with E-state index in [1.54, 1.807) is 35.4 Å². The minimum Gasteiger partial charge on any atom is -0.480 e. The van der Waals surface area contributed by atoms with Gasteiger partial charge in [0.15, 0.2) is 0 Å². The van der Waals surface area contributed by atoms with E-state index in [0.717, 1.165) is 11.3 Å². The van der Waals surface area contributed by atoms with Crippen LogP contribution in [0.15, 0.2) is 42.7 Å². The molecule has 0 aliphatic carbocycles. The van der Waals surface area contributed by atoms with Gasteiger partial charge in [-0.2, -0.15) is 0 Å². The van der Waals surface area contributed by atoms with Crippen LogP contribution in [0.25, 0.3) is 0 Å². The molecule has 20 heavy (non-hydrogen) atoms. The molecule has 4 nitrogen and oxygen atoms in total. The minimum atomic E-state index is -0.921. The second-order valence-corrected chi connectivity index (χ2v) is 5.04. The van der Waals surface area contributed by atoms with Crippen molar-refractivity contribution < 1.29 is 9.90 Å². The molecule has 104 valence electrons. The van der Waals surface area contributed by atoms with Crippen molar-refractivity contribution >= 4 is 34.9 Å². The third-order valence-corrected chi connectivity index (χ3v) is 3.29. The molecule has 2 rings (SSSR count).